The average molecular weight is 273 g/mol. The van der Waals surface area contributed by atoms with Crippen molar-refractivity contribution in [3.05, 3.63) is 0 Å². The molecule has 0 aliphatic heterocycles. The van der Waals surface area contributed by atoms with Gasteiger partial charge in [0.25, 0.3) is 0 Å². The Balaban J connectivity index is 3.96. The van der Waals surface area contributed by atoms with E-state index in [0.717, 1.165) is 0 Å². The maximum Gasteiger partial charge on any atom is 0.221 e. The fourth-order valence-corrected chi connectivity index (χ4v) is 1.33. The van der Waals surface area contributed by atoms with Crippen LogP contribution in [0.1, 0.15) is 27.2 Å². The number of hydrazine groups is 1. The molecule has 5 N–H and O–H groups in total. The van der Waals surface area contributed by atoms with E-state index in [1.165, 1.54) is 0 Å². The largest absolute Gasteiger partial charge is 0.383 e. The Morgan fingerprint density at radius 3 is 2.58 bits per heavy atom. The minimum Gasteiger partial charge on any atom is -0.383 e. The molecule has 19 heavy (non-hydrogen) atoms. The maximum absolute atomic E-state index is 11.5. The van der Waals surface area contributed by atoms with Crippen molar-refractivity contribution in [2.45, 2.75) is 33.2 Å². The van der Waals surface area contributed by atoms with Crippen molar-refractivity contribution in [3.63, 3.8) is 0 Å². The summed E-state index contributed by atoms with van der Waals surface area (Å²) in [6.07, 6.45) is 0.345. The molecule has 0 rings (SSSR count). The van der Waals surface area contributed by atoms with Gasteiger partial charge in [-0.1, -0.05) is 13.8 Å². The summed E-state index contributed by atoms with van der Waals surface area (Å²) in [5.41, 5.74) is 2.47. The van der Waals surface area contributed by atoms with Crippen LogP contribution in [0.4, 0.5) is 0 Å². The van der Waals surface area contributed by atoms with Crippen LogP contribution >= 0.6 is 0 Å². The predicted octanol–water partition coefficient (Wildman–Crippen LogP) is -0.407. The van der Waals surface area contributed by atoms with Crippen LogP contribution < -0.4 is 21.9 Å². The standard InChI is InChI=1S/C12H27N5O2/c1-9(2)7-15-11(18)5-6-14-12(17-13)16-10(3)8-19-4/h9-10H,5-8,13H2,1-4H3,(H,15,18)(H2,14,16,17). The molecule has 0 spiro atoms. The zero-order chi connectivity index (χ0) is 14.7. The Morgan fingerprint density at radius 2 is 2.05 bits per heavy atom. The molecule has 0 aromatic rings. The van der Waals surface area contributed by atoms with Gasteiger partial charge in [0, 0.05) is 26.1 Å². The fraction of sp³-hybridized carbons (Fsp3) is 0.833. The van der Waals surface area contributed by atoms with E-state index in [0.29, 0.717) is 38.0 Å². The van der Waals surface area contributed by atoms with Crippen molar-refractivity contribution in [1.82, 2.24) is 16.1 Å². The molecular weight excluding hydrogens is 246 g/mol. The van der Waals surface area contributed by atoms with Gasteiger partial charge in [-0.25, -0.2) is 5.84 Å². The highest BCUT2D eigenvalue weighted by Gasteiger charge is 2.05. The molecule has 0 aromatic heterocycles. The number of guanidine groups is 1. The van der Waals surface area contributed by atoms with Crippen LogP contribution in [-0.2, 0) is 9.53 Å². The van der Waals surface area contributed by atoms with E-state index in [2.05, 4.69) is 34.9 Å². The highest BCUT2D eigenvalue weighted by atomic mass is 16.5. The molecular formula is C12H27N5O2. The van der Waals surface area contributed by atoms with E-state index in [1.807, 2.05) is 6.92 Å². The Kier molecular flexibility index (Phi) is 9.82. The molecule has 1 unspecified atom stereocenters. The smallest absolute Gasteiger partial charge is 0.221 e. The molecule has 0 saturated heterocycles. The summed E-state index contributed by atoms with van der Waals surface area (Å²) >= 11 is 0. The third-order valence-electron chi connectivity index (χ3n) is 2.25. The van der Waals surface area contributed by atoms with Gasteiger partial charge in [-0.3, -0.25) is 15.2 Å². The lowest BCUT2D eigenvalue weighted by atomic mass is 10.2. The first-order chi connectivity index (χ1) is 8.99. The summed E-state index contributed by atoms with van der Waals surface area (Å²) in [6, 6.07) is 0.0922. The van der Waals surface area contributed by atoms with Crippen molar-refractivity contribution in [1.29, 1.82) is 0 Å². The molecule has 0 saturated carbocycles. The van der Waals surface area contributed by atoms with Gasteiger partial charge in [0.2, 0.25) is 11.9 Å². The van der Waals surface area contributed by atoms with Gasteiger partial charge in [0.05, 0.1) is 13.2 Å². The Hall–Kier alpha value is -1.34. The number of hydrogen-bond acceptors (Lipinski definition) is 4. The number of carbonyl (C=O) groups excluding carboxylic acids is 1. The van der Waals surface area contributed by atoms with Crippen molar-refractivity contribution in [2.75, 3.05) is 26.8 Å². The summed E-state index contributed by atoms with van der Waals surface area (Å²) in [5.74, 6) is 6.26. The number of ether oxygens (including phenoxy) is 1. The van der Waals surface area contributed by atoms with Gasteiger partial charge >= 0.3 is 0 Å². The van der Waals surface area contributed by atoms with Crippen LogP contribution in [-0.4, -0.2) is 44.7 Å². The average Bonchev–Trinajstić information content (AvgIpc) is 2.35. The monoisotopic (exact) mass is 273 g/mol. The maximum atomic E-state index is 11.5. The molecule has 7 nitrogen and oxygen atoms in total. The third-order valence-corrected chi connectivity index (χ3v) is 2.25. The number of rotatable bonds is 8. The SMILES string of the molecule is COCC(C)NC(=NCCC(=O)NCC(C)C)NN. The molecule has 1 atom stereocenters. The fourth-order valence-electron chi connectivity index (χ4n) is 1.33. The van der Waals surface area contributed by atoms with Gasteiger partial charge in [-0.2, -0.15) is 0 Å². The first-order valence-electron chi connectivity index (χ1n) is 6.52. The van der Waals surface area contributed by atoms with Crippen molar-refractivity contribution >= 4 is 11.9 Å². The van der Waals surface area contributed by atoms with Crippen molar-refractivity contribution in [3.8, 4) is 0 Å². The molecule has 0 aliphatic carbocycles. The number of carbonyl (C=O) groups is 1. The minimum atomic E-state index is -0.00115. The number of aliphatic imine (C=N–C) groups is 1. The van der Waals surface area contributed by atoms with Crippen LogP contribution in [0, 0.1) is 5.92 Å². The molecule has 0 bridgehead atoms. The summed E-state index contributed by atoms with van der Waals surface area (Å²) in [5, 5.41) is 5.88. The van der Waals surface area contributed by atoms with E-state index < -0.39 is 0 Å². The molecule has 0 radical (unpaired) electrons. The summed E-state index contributed by atoms with van der Waals surface area (Å²) in [4.78, 5) is 15.7. The van der Waals surface area contributed by atoms with Crippen molar-refractivity contribution in [2.24, 2.45) is 16.8 Å². The topological polar surface area (TPSA) is 101 Å². The quantitative estimate of drug-likeness (QED) is 0.208. The summed E-state index contributed by atoms with van der Waals surface area (Å²) in [6.45, 7) is 7.68. The predicted molar refractivity (Wildman–Crippen MR) is 76.6 cm³/mol. The summed E-state index contributed by atoms with van der Waals surface area (Å²) < 4.78 is 5.00. The number of hydrogen-bond donors (Lipinski definition) is 4. The second-order valence-electron chi connectivity index (χ2n) is 4.82. The number of amides is 1. The van der Waals surface area contributed by atoms with Crippen molar-refractivity contribution < 1.29 is 9.53 Å². The molecule has 0 fully saturated rings. The highest BCUT2D eigenvalue weighted by Crippen LogP contribution is 1.89. The van der Waals surface area contributed by atoms with E-state index >= 15 is 0 Å². The van der Waals surface area contributed by atoms with Gasteiger partial charge < -0.3 is 15.4 Å². The van der Waals surface area contributed by atoms with Gasteiger partial charge in [0.1, 0.15) is 0 Å². The van der Waals surface area contributed by atoms with Crippen LogP contribution in [0.5, 0.6) is 0 Å². The minimum absolute atomic E-state index is 0.00115. The third kappa shape index (κ3) is 10.3. The zero-order valence-corrected chi connectivity index (χ0v) is 12.3. The summed E-state index contributed by atoms with van der Waals surface area (Å²) in [7, 11) is 1.63. The van der Waals surface area contributed by atoms with E-state index in [1.54, 1.807) is 7.11 Å². The normalized spacial score (nSPS) is 13.3. The number of nitrogens with two attached hydrogens (primary N) is 1. The first-order valence-corrected chi connectivity index (χ1v) is 6.52. The lowest BCUT2D eigenvalue weighted by Gasteiger charge is -2.15. The molecule has 112 valence electrons. The number of methoxy groups -OCH3 is 1. The molecule has 1 amide bonds. The number of nitrogens with one attached hydrogen (secondary N) is 3. The lowest BCUT2D eigenvalue weighted by Crippen LogP contribution is -2.47. The second kappa shape index (κ2) is 10.6. The second-order valence-corrected chi connectivity index (χ2v) is 4.82. The van der Waals surface area contributed by atoms with Gasteiger partial charge in [-0.15, -0.1) is 0 Å². The van der Waals surface area contributed by atoms with Crippen LogP contribution in [0.2, 0.25) is 0 Å². The zero-order valence-electron chi connectivity index (χ0n) is 12.3. The Bertz CT molecular complexity index is 281. The van der Waals surface area contributed by atoms with Crippen LogP contribution in [0.3, 0.4) is 0 Å². The van der Waals surface area contributed by atoms with E-state index in [4.69, 9.17) is 10.6 Å². The molecule has 7 heteroatoms. The van der Waals surface area contributed by atoms with Gasteiger partial charge in [-0.05, 0) is 12.8 Å². The van der Waals surface area contributed by atoms with Gasteiger partial charge in [0.15, 0.2) is 0 Å². The van der Waals surface area contributed by atoms with E-state index in [9.17, 15) is 4.79 Å². The van der Waals surface area contributed by atoms with Crippen LogP contribution in [0.25, 0.3) is 0 Å². The molecule has 0 aliphatic rings. The Labute approximate surface area is 115 Å². The Morgan fingerprint density at radius 1 is 1.37 bits per heavy atom. The molecule has 0 aromatic carbocycles. The lowest BCUT2D eigenvalue weighted by molar-refractivity contribution is -0.121. The number of nitrogens with zero attached hydrogens (tertiary/aromatic N) is 1. The highest BCUT2D eigenvalue weighted by molar-refractivity contribution is 5.80. The van der Waals surface area contributed by atoms with E-state index in [-0.39, 0.29) is 11.9 Å². The first kappa shape index (κ1) is 17.7. The molecule has 0 heterocycles. The van der Waals surface area contributed by atoms with Crippen LogP contribution in [0.15, 0.2) is 4.99 Å².